The zero-order valence-electron chi connectivity index (χ0n) is 21.0. The Morgan fingerprint density at radius 3 is 2.63 bits per heavy atom. The summed E-state index contributed by atoms with van der Waals surface area (Å²) in [5.41, 5.74) is 7.18. The predicted molar refractivity (Wildman–Crippen MR) is 139 cm³/mol. The molecule has 6 rings (SSSR count). The Hall–Kier alpha value is -4.37. The Labute approximate surface area is 219 Å². The normalized spacial score (nSPS) is 18.7. The number of urea groups is 1. The number of rotatable bonds is 6. The van der Waals surface area contributed by atoms with E-state index in [2.05, 4.69) is 4.57 Å². The monoisotopic (exact) mass is 512 g/mol. The lowest BCUT2D eigenvalue weighted by molar-refractivity contribution is -0.132. The van der Waals surface area contributed by atoms with Gasteiger partial charge in [0.1, 0.15) is 12.4 Å². The van der Waals surface area contributed by atoms with Crippen molar-refractivity contribution in [1.29, 1.82) is 0 Å². The van der Waals surface area contributed by atoms with Crippen LogP contribution >= 0.6 is 0 Å². The van der Waals surface area contributed by atoms with Crippen LogP contribution < -0.4 is 10.2 Å². The fourth-order valence-electron chi connectivity index (χ4n) is 5.75. The van der Waals surface area contributed by atoms with E-state index < -0.39 is 11.8 Å². The van der Waals surface area contributed by atoms with E-state index in [1.165, 1.54) is 4.90 Å². The molecule has 3 heterocycles. The number of hydroxylamine groups is 1. The van der Waals surface area contributed by atoms with Gasteiger partial charge in [-0.3, -0.25) is 19.7 Å². The molecule has 0 spiro atoms. The van der Waals surface area contributed by atoms with Crippen molar-refractivity contribution >= 4 is 28.7 Å². The second-order valence-corrected chi connectivity index (χ2v) is 9.94. The number of ether oxygens (including phenoxy) is 1. The number of benzene rings is 2. The van der Waals surface area contributed by atoms with Crippen LogP contribution in [0.5, 0.6) is 5.75 Å². The van der Waals surface area contributed by atoms with Crippen LogP contribution in [0.3, 0.4) is 0 Å². The minimum atomic E-state index is -0.494. The molecule has 194 valence electrons. The summed E-state index contributed by atoms with van der Waals surface area (Å²) in [5.74, 6) is -0.456. The highest BCUT2D eigenvalue weighted by Crippen LogP contribution is 2.44. The summed E-state index contributed by atoms with van der Waals surface area (Å²) in [6.07, 6.45) is 4.82. The van der Waals surface area contributed by atoms with Crippen molar-refractivity contribution in [2.45, 2.75) is 38.5 Å². The molecule has 0 radical (unpaired) electrons. The van der Waals surface area contributed by atoms with Gasteiger partial charge in [-0.2, -0.15) is 0 Å². The molecule has 2 bridgehead atoms. The first kappa shape index (κ1) is 24.0. The predicted octanol–water partition coefficient (Wildman–Crippen LogP) is 3.86. The van der Waals surface area contributed by atoms with Gasteiger partial charge in [0.25, 0.3) is 5.91 Å². The van der Waals surface area contributed by atoms with Crippen molar-refractivity contribution < 1.29 is 24.3 Å². The van der Waals surface area contributed by atoms with E-state index in [1.807, 2.05) is 54.6 Å². The zero-order chi connectivity index (χ0) is 26.4. The van der Waals surface area contributed by atoms with Crippen LogP contribution in [0.2, 0.25) is 0 Å². The molecule has 9 nitrogen and oxygen atoms in total. The molecular weight excluding hydrogens is 484 g/mol. The number of hydrogen-bond donors (Lipinski definition) is 2. The number of nitrogens with zero attached hydrogens (tertiary/aromatic N) is 3. The Morgan fingerprint density at radius 2 is 1.89 bits per heavy atom. The minimum Gasteiger partial charge on any atom is -0.488 e. The zero-order valence-corrected chi connectivity index (χ0v) is 21.0. The highest BCUT2D eigenvalue weighted by atomic mass is 16.5. The summed E-state index contributed by atoms with van der Waals surface area (Å²) in [4.78, 5) is 40.9. The van der Waals surface area contributed by atoms with Crippen molar-refractivity contribution in [2.75, 3.05) is 13.6 Å². The largest absolute Gasteiger partial charge is 0.488 e. The molecule has 1 saturated heterocycles. The van der Waals surface area contributed by atoms with Crippen molar-refractivity contribution in [1.82, 2.24) is 19.8 Å². The first-order chi connectivity index (χ1) is 18.5. The van der Waals surface area contributed by atoms with Crippen molar-refractivity contribution in [3.8, 4) is 5.75 Å². The molecule has 2 N–H and O–H groups in total. The van der Waals surface area contributed by atoms with Gasteiger partial charge in [0.15, 0.2) is 0 Å². The van der Waals surface area contributed by atoms with Crippen LogP contribution in [0.15, 0.2) is 71.8 Å². The van der Waals surface area contributed by atoms with Gasteiger partial charge in [0.2, 0.25) is 5.91 Å². The molecule has 3 aliphatic rings. The first-order valence-electron chi connectivity index (χ1n) is 12.7. The smallest absolute Gasteiger partial charge is 0.326 e. The SMILES string of the molecule is CN1C(=O)C2CN(Cc3c2c2c(OCc4ccccc4)cccc2n3CC2=CC=C(C(=O)NO)CC2)C1=O. The maximum Gasteiger partial charge on any atom is 0.326 e. The average molecular weight is 513 g/mol. The van der Waals surface area contributed by atoms with E-state index in [0.717, 1.165) is 33.3 Å². The Kier molecular flexibility index (Phi) is 6.00. The van der Waals surface area contributed by atoms with Crippen LogP contribution in [0.1, 0.15) is 35.6 Å². The maximum atomic E-state index is 13.3. The number of carbonyl (C=O) groups excluding carboxylic acids is 3. The number of imide groups is 1. The summed E-state index contributed by atoms with van der Waals surface area (Å²) in [6, 6.07) is 15.6. The number of carbonyl (C=O) groups is 3. The van der Waals surface area contributed by atoms with E-state index in [-0.39, 0.29) is 11.9 Å². The van der Waals surface area contributed by atoms with Crippen LogP contribution in [0.25, 0.3) is 10.9 Å². The van der Waals surface area contributed by atoms with Crippen LogP contribution in [0, 0.1) is 0 Å². The third kappa shape index (κ3) is 3.95. The van der Waals surface area contributed by atoms with E-state index >= 15 is 0 Å². The number of fused-ring (bicyclic) bond motifs is 6. The fourth-order valence-corrected chi connectivity index (χ4v) is 5.75. The second kappa shape index (κ2) is 9.50. The average Bonchev–Trinajstić information content (AvgIpc) is 3.28. The fraction of sp³-hybridized carbons (Fsp3) is 0.276. The standard InChI is InChI=1S/C29H28N4O5/c1-31-28(35)21-15-32(29(31)36)16-23-25(21)26-22(8-5-9-24(26)38-17-19-6-3-2-4-7-19)33(23)14-18-10-12-20(13-11-18)27(34)30-37/h2-10,12,21,37H,11,13-17H2,1H3,(H,30,34). The molecule has 38 heavy (non-hydrogen) atoms. The molecule has 4 amide bonds. The Balaban J connectivity index is 1.46. The minimum absolute atomic E-state index is 0.205. The van der Waals surface area contributed by atoms with Gasteiger partial charge in [0.05, 0.1) is 18.0 Å². The molecule has 2 aromatic carbocycles. The van der Waals surface area contributed by atoms with E-state index in [0.29, 0.717) is 50.4 Å². The van der Waals surface area contributed by atoms with Gasteiger partial charge in [-0.1, -0.05) is 54.1 Å². The van der Waals surface area contributed by atoms with Crippen molar-refractivity contribution in [2.24, 2.45) is 0 Å². The number of likely N-dealkylation sites (N-methyl/N-ethyl adjacent to an activating group) is 1. The molecule has 1 fully saturated rings. The molecule has 2 aliphatic heterocycles. The Bertz CT molecular complexity index is 1520. The quantitative estimate of drug-likeness (QED) is 0.386. The van der Waals surface area contributed by atoms with Gasteiger partial charge < -0.3 is 14.2 Å². The summed E-state index contributed by atoms with van der Waals surface area (Å²) in [7, 11) is 1.54. The van der Waals surface area contributed by atoms with Gasteiger partial charge in [-0.05, 0) is 30.5 Å². The highest BCUT2D eigenvalue weighted by Gasteiger charge is 2.45. The third-order valence-electron chi connectivity index (χ3n) is 7.71. The first-order valence-corrected chi connectivity index (χ1v) is 12.7. The third-order valence-corrected chi connectivity index (χ3v) is 7.71. The van der Waals surface area contributed by atoms with Crippen LogP contribution in [-0.4, -0.2) is 51.0 Å². The number of hydrogen-bond acceptors (Lipinski definition) is 5. The number of allylic oxidation sites excluding steroid dienone is 3. The van der Waals surface area contributed by atoms with Crippen LogP contribution in [0.4, 0.5) is 4.79 Å². The molecule has 1 aromatic heterocycles. The molecule has 9 heteroatoms. The summed E-state index contributed by atoms with van der Waals surface area (Å²) >= 11 is 0. The summed E-state index contributed by atoms with van der Waals surface area (Å²) in [5, 5.41) is 9.86. The van der Waals surface area contributed by atoms with Crippen LogP contribution in [-0.2, 0) is 29.3 Å². The molecular formula is C29H28N4O5. The van der Waals surface area contributed by atoms with Crippen molar-refractivity contribution in [3.05, 3.63) is 88.7 Å². The molecule has 1 unspecified atom stereocenters. The van der Waals surface area contributed by atoms with E-state index in [9.17, 15) is 14.4 Å². The van der Waals surface area contributed by atoms with Gasteiger partial charge >= 0.3 is 6.03 Å². The molecule has 3 aromatic rings. The lowest BCUT2D eigenvalue weighted by Gasteiger charge is -2.41. The number of aromatic nitrogens is 1. The highest BCUT2D eigenvalue weighted by molar-refractivity contribution is 6.05. The second-order valence-electron chi connectivity index (χ2n) is 9.94. The van der Waals surface area contributed by atoms with E-state index in [4.69, 9.17) is 9.94 Å². The molecule has 0 saturated carbocycles. The molecule has 1 atom stereocenters. The number of nitrogens with one attached hydrogen (secondary N) is 1. The topological polar surface area (TPSA) is 104 Å². The van der Waals surface area contributed by atoms with Gasteiger partial charge in [0, 0.05) is 42.4 Å². The molecule has 1 aliphatic carbocycles. The summed E-state index contributed by atoms with van der Waals surface area (Å²) in [6.45, 7) is 1.70. The number of amides is 4. The lowest BCUT2D eigenvalue weighted by atomic mass is 9.88. The summed E-state index contributed by atoms with van der Waals surface area (Å²) < 4.78 is 8.52. The van der Waals surface area contributed by atoms with Crippen molar-refractivity contribution in [3.63, 3.8) is 0 Å². The Morgan fingerprint density at radius 1 is 1.08 bits per heavy atom. The maximum absolute atomic E-state index is 13.3. The van der Waals surface area contributed by atoms with Gasteiger partial charge in [-0.25, -0.2) is 10.3 Å². The van der Waals surface area contributed by atoms with Gasteiger partial charge in [-0.15, -0.1) is 0 Å². The van der Waals surface area contributed by atoms with E-state index in [1.54, 1.807) is 23.5 Å². The lowest BCUT2D eigenvalue weighted by Crippen LogP contribution is -2.56.